The van der Waals surface area contributed by atoms with Crippen LogP contribution < -0.4 is 5.32 Å². The third-order valence-corrected chi connectivity index (χ3v) is 2.18. The molecule has 80 valence electrons. The van der Waals surface area contributed by atoms with Crippen LogP contribution in [0.4, 0.5) is 0 Å². The van der Waals surface area contributed by atoms with E-state index in [0.717, 1.165) is 19.6 Å². The minimum Gasteiger partial charge on any atom is -0.337 e. The molecule has 1 N–H and O–H groups in total. The van der Waals surface area contributed by atoms with Gasteiger partial charge >= 0.3 is 0 Å². The van der Waals surface area contributed by atoms with Gasteiger partial charge in [-0.2, -0.15) is 0 Å². The quantitative estimate of drug-likeness (QED) is 0.671. The summed E-state index contributed by atoms with van der Waals surface area (Å²) < 4.78 is 2.04. The van der Waals surface area contributed by atoms with E-state index in [1.807, 2.05) is 24.1 Å². The van der Waals surface area contributed by atoms with Crippen molar-refractivity contribution >= 4 is 0 Å². The van der Waals surface area contributed by atoms with E-state index in [-0.39, 0.29) is 0 Å². The number of hydrogen-bond acceptors (Lipinski definition) is 3. The molecule has 1 aromatic heterocycles. The van der Waals surface area contributed by atoms with Gasteiger partial charge < -0.3 is 14.8 Å². The van der Waals surface area contributed by atoms with Crippen molar-refractivity contribution in [2.45, 2.75) is 13.0 Å². The third-order valence-electron chi connectivity index (χ3n) is 2.18. The summed E-state index contributed by atoms with van der Waals surface area (Å²) in [6.45, 7) is 3.10. The molecule has 0 spiro atoms. The van der Waals surface area contributed by atoms with E-state index in [4.69, 9.17) is 0 Å². The van der Waals surface area contributed by atoms with Crippen molar-refractivity contribution in [2.24, 2.45) is 7.05 Å². The summed E-state index contributed by atoms with van der Waals surface area (Å²) in [6.07, 6.45) is 4.92. The van der Waals surface area contributed by atoms with Gasteiger partial charge in [0, 0.05) is 19.8 Å². The first-order valence-corrected chi connectivity index (χ1v) is 5.01. The summed E-state index contributed by atoms with van der Waals surface area (Å²) in [7, 11) is 6.21. The second-order valence-corrected chi connectivity index (χ2v) is 3.83. The summed E-state index contributed by atoms with van der Waals surface area (Å²) in [5.41, 5.74) is 1.23. The molecule has 14 heavy (non-hydrogen) atoms. The van der Waals surface area contributed by atoms with Crippen molar-refractivity contribution in [1.29, 1.82) is 0 Å². The van der Waals surface area contributed by atoms with E-state index < -0.39 is 0 Å². The Hall–Kier alpha value is -0.870. The highest BCUT2D eigenvalue weighted by Crippen LogP contribution is 1.94. The van der Waals surface area contributed by atoms with E-state index >= 15 is 0 Å². The molecule has 0 aliphatic heterocycles. The van der Waals surface area contributed by atoms with E-state index in [9.17, 15) is 0 Å². The van der Waals surface area contributed by atoms with Gasteiger partial charge in [0.15, 0.2) is 0 Å². The van der Waals surface area contributed by atoms with Crippen molar-refractivity contribution in [3.63, 3.8) is 0 Å². The van der Waals surface area contributed by atoms with Gasteiger partial charge in [0.1, 0.15) is 0 Å². The van der Waals surface area contributed by atoms with Crippen molar-refractivity contribution in [3.8, 4) is 0 Å². The molecule has 1 aromatic rings. The van der Waals surface area contributed by atoms with Crippen molar-refractivity contribution in [1.82, 2.24) is 19.8 Å². The molecule has 4 nitrogen and oxygen atoms in total. The molecular weight excluding hydrogens is 176 g/mol. The maximum absolute atomic E-state index is 4.06. The molecule has 1 heterocycles. The Morgan fingerprint density at radius 3 is 2.86 bits per heavy atom. The highest BCUT2D eigenvalue weighted by atomic mass is 15.1. The molecule has 0 saturated heterocycles. The Balaban J connectivity index is 2.08. The zero-order valence-electron chi connectivity index (χ0n) is 9.32. The Kier molecular flexibility index (Phi) is 4.62. The van der Waals surface area contributed by atoms with Gasteiger partial charge in [-0.25, -0.2) is 4.98 Å². The first-order valence-electron chi connectivity index (χ1n) is 5.01. The average Bonchev–Trinajstić information content (AvgIpc) is 2.51. The van der Waals surface area contributed by atoms with Crippen LogP contribution in [-0.2, 0) is 13.6 Å². The fourth-order valence-corrected chi connectivity index (χ4v) is 1.29. The highest BCUT2D eigenvalue weighted by Gasteiger charge is 1.96. The lowest BCUT2D eigenvalue weighted by molar-refractivity contribution is 0.394. The van der Waals surface area contributed by atoms with Crippen LogP contribution in [0, 0.1) is 0 Å². The number of imidazole rings is 1. The van der Waals surface area contributed by atoms with Crippen LogP contribution in [0.15, 0.2) is 12.5 Å². The lowest BCUT2D eigenvalue weighted by atomic mass is 10.4. The first-order chi connectivity index (χ1) is 6.70. The van der Waals surface area contributed by atoms with Gasteiger partial charge in [-0.1, -0.05) is 0 Å². The zero-order chi connectivity index (χ0) is 10.4. The molecule has 0 fully saturated rings. The van der Waals surface area contributed by atoms with Gasteiger partial charge in [-0.05, 0) is 33.6 Å². The molecule has 0 saturated carbocycles. The molecule has 0 aliphatic rings. The lowest BCUT2D eigenvalue weighted by Crippen LogP contribution is -2.21. The topological polar surface area (TPSA) is 33.1 Å². The van der Waals surface area contributed by atoms with Gasteiger partial charge in [0.05, 0.1) is 12.0 Å². The molecule has 0 unspecified atom stereocenters. The molecule has 4 heteroatoms. The molecule has 0 atom stereocenters. The number of rotatable bonds is 6. The normalized spacial score (nSPS) is 11.1. The number of aromatic nitrogens is 2. The smallest absolute Gasteiger partial charge is 0.0945 e. The van der Waals surface area contributed by atoms with Crippen molar-refractivity contribution in [2.75, 3.05) is 27.2 Å². The highest BCUT2D eigenvalue weighted by molar-refractivity contribution is 4.96. The van der Waals surface area contributed by atoms with E-state index in [1.54, 1.807) is 0 Å². The SMILES string of the molecule is CN(C)CCCNCc1cncn1C. The minimum atomic E-state index is 0.907. The van der Waals surface area contributed by atoms with Crippen molar-refractivity contribution < 1.29 is 0 Å². The second kappa shape index (κ2) is 5.78. The Bertz CT molecular complexity index is 254. The monoisotopic (exact) mass is 196 g/mol. The van der Waals surface area contributed by atoms with Gasteiger partial charge in [-0.3, -0.25) is 0 Å². The zero-order valence-corrected chi connectivity index (χ0v) is 9.32. The van der Waals surface area contributed by atoms with Crippen LogP contribution in [-0.4, -0.2) is 41.6 Å². The van der Waals surface area contributed by atoms with Crippen molar-refractivity contribution in [3.05, 3.63) is 18.2 Å². The fraction of sp³-hybridized carbons (Fsp3) is 0.700. The predicted octanol–water partition coefficient (Wildman–Crippen LogP) is 0.461. The summed E-state index contributed by atoms with van der Waals surface area (Å²) in [5.74, 6) is 0. The molecular formula is C10H20N4. The fourth-order valence-electron chi connectivity index (χ4n) is 1.29. The molecule has 0 aromatic carbocycles. The molecule has 1 rings (SSSR count). The van der Waals surface area contributed by atoms with Gasteiger partial charge in [-0.15, -0.1) is 0 Å². The summed E-state index contributed by atoms with van der Waals surface area (Å²) in [5, 5.41) is 3.40. The van der Waals surface area contributed by atoms with E-state index in [1.165, 1.54) is 12.1 Å². The first kappa shape index (κ1) is 11.2. The van der Waals surface area contributed by atoms with Crippen LogP contribution in [0.2, 0.25) is 0 Å². The Labute approximate surface area is 85.9 Å². The maximum Gasteiger partial charge on any atom is 0.0945 e. The number of aryl methyl sites for hydroxylation is 1. The standard InChI is InChI=1S/C10H20N4/c1-13(2)6-4-5-11-7-10-8-12-9-14(10)3/h8-9,11H,4-7H2,1-3H3. The van der Waals surface area contributed by atoms with E-state index in [2.05, 4.69) is 29.3 Å². The largest absolute Gasteiger partial charge is 0.337 e. The van der Waals surface area contributed by atoms with Gasteiger partial charge in [0.2, 0.25) is 0 Å². The van der Waals surface area contributed by atoms with Crippen LogP contribution in [0.1, 0.15) is 12.1 Å². The van der Waals surface area contributed by atoms with E-state index in [0.29, 0.717) is 0 Å². The lowest BCUT2D eigenvalue weighted by Gasteiger charge is -2.09. The summed E-state index contributed by atoms with van der Waals surface area (Å²) in [4.78, 5) is 6.26. The second-order valence-electron chi connectivity index (χ2n) is 3.83. The predicted molar refractivity (Wildman–Crippen MR) is 58.1 cm³/mol. The van der Waals surface area contributed by atoms with Crippen LogP contribution in [0.5, 0.6) is 0 Å². The van der Waals surface area contributed by atoms with Crippen LogP contribution >= 0.6 is 0 Å². The number of hydrogen-bond donors (Lipinski definition) is 1. The molecule has 0 amide bonds. The maximum atomic E-state index is 4.06. The van der Waals surface area contributed by atoms with Crippen LogP contribution in [0.3, 0.4) is 0 Å². The minimum absolute atomic E-state index is 0.907. The molecule has 0 radical (unpaired) electrons. The van der Waals surface area contributed by atoms with Gasteiger partial charge in [0.25, 0.3) is 0 Å². The Morgan fingerprint density at radius 1 is 1.50 bits per heavy atom. The molecule has 0 aliphatic carbocycles. The number of nitrogens with one attached hydrogen (secondary N) is 1. The van der Waals surface area contributed by atoms with Crippen LogP contribution in [0.25, 0.3) is 0 Å². The summed E-state index contributed by atoms with van der Waals surface area (Å²) >= 11 is 0. The summed E-state index contributed by atoms with van der Waals surface area (Å²) in [6, 6.07) is 0. The average molecular weight is 196 g/mol. The number of nitrogens with zero attached hydrogens (tertiary/aromatic N) is 3. The molecule has 0 bridgehead atoms. The Morgan fingerprint density at radius 2 is 2.29 bits per heavy atom. The third kappa shape index (κ3) is 3.89.